The van der Waals surface area contributed by atoms with Crippen molar-refractivity contribution in [3.8, 4) is 0 Å². The molecule has 0 unspecified atom stereocenters. The third kappa shape index (κ3) is 3.74. The van der Waals surface area contributed by atoms with E-state index in [9.17, 15) is 13.5 Å². The Kier molecular flexibility index (Phi) is 5.01. The zero-order chi connectivity index (χ0) is 16.2. The molecule has 1 N–H and O–H groups in total. The first-order valence-electron chi connectivity index (χ1n) is 7.11. The average Bonchev–Trinajstić information content (AvgIpc) is 2.54. The van der Waals surface area contributed by atoms with Gasteiger partial charge in [-0.3, -0.25) is 4.18 Å². The van der Waals surface area contributed by atoms with Crippen molar-refractivity contribution in [2.75, 3.05) is 6.61 Å². The van der Waals surface area contributed by atoms with Crippen LogP contribution in [0.4, 0.5) is 0 Å². The van der Waals surface area contributed by atoms with E-state index in [1.165, 1.54) is 12.1 Å². The highest BCUT2D eigenvalue weighted by atomic mass is 32.2. The number of hydrogen-bond donors (Lipinski definition) is 1. The van der Waals surface area contributed by atoms with E-state index >= 15 is 0 Å². The smallest absolute Gasteiger partial charge is 0.297 e. The van der Waals surface area contributed by atoms with Crippen LogP contribution in [0.25, 0.3) is 0 Å². The Morgan fingerprint density at radius 1 is 1.05 bits per heavy atom. The van der Waals surface area contributed by atoms with Gasteiger partial charge in [-0.1, -0.05) is 55.0 Å². The number of benzene rings is 2. The number of hydrogen-bond acceptors (Lipinski definition) is 4. The molecule has 2 aromatic rings. The Morgan fingerprint density at radius 2 is 1.64 bits per heavy atom. The second kappa shape index (κ2) is 6.60. The predicted molar refractivity (Wildman–Crippen MR) is 84.9 cm³/mol. The van der Waals surface area contributed by atoms with Gasteiger partial charge in [0.2, 0.25) is 0 Å². The van der Waals surface area contributed by atoms with Gasteiger partial charge in [0.15, 0.2) is 0 Å². The first-order valence-corrected chi connectivity index (χ1v) is 8.52. The van der Waals surface area contributed by atoms with Crippen LogP contribution in [0.1, 0.15) is 24.5 Å². The zero-order valence-corrected chi connectivity index (χ0v) is 13.5. The first kappa shape index (κ1) is 16.7. The molecule has 0 spiro atoms. The second-order valence-electron chi connectivity index (χ2n) is 5.28. The van der Waals surface area contributed by atoms with Gasteiger partial charge >= 0.3 is 0 Å². The summed E-state index contributed by atoms with van der Waals surface area (Å²) in [5.41, 5.74) is 0.267. The summed E-state index contributed by atoms with van der Waals surface area (Å²) in [7, 11) is -3.89. The molecule has 5 heteroatoms. The Bertz CT molecular complexity index is 708. The van der Waals surface area contributed by atoms with Crippen LogP contribution >= 0.6 is 0 Å². The third-order valence-corrected chi connectivity index (χ3v) is 4.94. The molecular weight excluding hydrogens is 300 g/mol. The Balaban J connectivity index is 2.18. The maximum Gasteiger partial charge on any atom is 0.297 e. The summed E-state index contributed by atoms with van der Waals surface area (Å²) in [6, 6.07) is 15.4. The topological polar surface area (TPSA) is 63.6 Å². The van der Waals surface area contributed by atoms with Crippen LogP contribution in [0.5, 0.6) is 0 Å². The highest BCUT2D eigenvalue weighted by molar-refractivity contribution is 7.86. The first-order chi connectivity index (χ1) is 10.4. The summed E-state index contributed by atoms with van der Waals surface area (Å²) in [6.45, 7) is 3.35. The van der Waals surface area contributed by atoms with E-state index in [4.69, 9.17) is 4.18 Å². The van der Waals surface area contributed by atoms with Crippen molar-refractivity contribution in [3.63, 3.8) is 0 Å². The Morgan fingerprint density at radius 3 is 2.18 bits per heavy atom. The van der Waals surface area contributed by atoms with Crippen LogP contribution in [-0.2, 0) is 19.9 Å². The van der Waals surface area contributed by atoms with Gasteiger partial charge in [0, 0.05) is 0 Å². The lowest BCUT2D eigenvalue weighted by molar-refractivity contribution is -0.0110. The van der Waals surface area contributed by atoms with Gasteiger partial charge in [-0.15, -0.1) is 0 Å². The maximum atomic E-state index is 12.2. The van der Waals surface area contributed by atoms with Gasteiger partial charge in [-0.25, -0.2) is 0 Å². The lowest BCUT2D eigenvalue weighted by Crippen LogP contribution is -2.32. The summed E-state index contributed by atoms with van der Waals surface area (Å²) in [4.78, 5) is 0.0876. The molecule has 0 radical (unpaired) electrons. The van der Waals surface area contributed by atoms with E-state index in [0.717, 1.165) is 5.56 Å². The minimum absolute atomic E-state index is 0.0876. The van der Waals surface area contributed by atoms with Gasteiger partial charge in [-0.2, -0.15) is 8.42 Å². The van der Waals surface area contributed by atoms with E-state index in [1.54, 1.807) is 43.3 Å². The molecule has 118 valence electrons. The Labute approximate surface area is 131 Å². The summed E-state index contributed by atoms with van der Waals surface area (Å²) < 4.78 is 29.5. The van der Waals surface area contributed by atoms with Crippen LogP contribution in [0, 0.1) is 6.92 Å². The quantitative estimate of drug-likeness (QED) is 0.831. The van der Waals surface area contributed by atoms with Gasteiger partial charge in [0.05, 0.1) is 11.5 Å². The van der Waals surface area contributed by atoms with Crippen molar-refractivity contribution in [1.29, 1.82) is 0 Å². The standard InChI is InChI=1S/C17H20O4S/c1-3-17(18,15-7-5-4-6-8-15)13-21-22(19,20)16-11-9-14(2)10-12-16/h4-12,18H,3,13H2,1-2H3/t17-/m1/s1. The molecule has 0 aliphatic carbocycles. The largest absolute Gasteiger partial charge is 0.383 e. The van der Waals surface area contributed by atoms with Crippen LogP contribution in [0.3, 0.4) is 0 Å². The molecule has 0 fully saturated rings. The fourth-order valence-electron chi connectivity index (χ4n) is 2.09. The summed E-state index contributed by atoms with van der Waals surface area (Å²) in [5, 5.41) is 10.7. The molecule has 22 heavy (non-hydrogen) atoms. The van der Waals surface area contributed by atoms with Crippen LogP contribution in [-0.4, -0.2) is 20.1 Å². The molecule has 0 aliphatic heterocycles. The van der Waals surface area contributed by atoms with E-state index in [-0.39, 0.29) is 11.5 Å². The molecular formula is C17H20O4S. The van der Waals surface area contributed by atoms with Crippen LogP contribution < -0.4 is 0 Å². The minimum atomic E-state index is -3.89. The van der Waals surface area contributed by atoms with Crippen molar-refractivity contribution in [2.45, 2.75) is 30.8 Å². The molecule has 0 saturated heterocycles. The van der Waals surface area contributed by atoms with Gasteiger partial charge < -0.3 is 5.11 Å². The molecule has 0 saturated carbocycles. The number of rotatable bonds is 6. The fourth-order valence-corrected chi connectivity index (χ4v) is 3.04. The van der Waals surface area contributed by atoms with E-state index in [2.05, 4.69) is 0 Å². The molecule has 0 aliphatic rings. The monoisotopic (exact) mass is 320 g/mol. The van der Waals surface area contributed by atoms with Crippen molar-refractivity contribution in [2.24, 2.45) is 0 Å². The van der Waals surface area contributed by atoms with Gasteiger partial charge in [-0.05, 0) is 31.0 Å². The van der Waals surface area contributed by atoms with Crippen LogP contribution in [0.15, 0.2) is 59.5 Å². The third-order valence-electron chi connectivity index (χ3n) is 3.66. The predicted octanol–water partition coefficient (Wildman–Crippen LogP) is 3.00. The summed E-state index contributed by atoms with van der Waals surface area (Å²) in [6.07, 6.45) is 0.348. The SMILES string of the molecule is CC[C@@](O)(COS(=O)(=O)c1ccc(C)cc1)c1ccccc1. The summed E-state index contributed by atoms with van der Waals surface area (Å²) in [5.74, 6) is 0. The molecule has 4 nitrogen and oxygen atoms in total. The molecule has 1 atom stereocenters. The number of aliphatic hydroxyl groups is 1. The van der Waals surface area contributed by atoms with Crippen LogP contribution in [0.2, 0.25) is 0 Å². The lowest BCUT2D eigenvalue weighted by Gasteiger charge is -2.26. The van der Waals surface area contributed by atoms with Crippen molar-refractivity contribution in [1.82, 2.24) is 0 Å². The molecule has 0 heterocycles. The lowest BCUT2D eigenvalue weighted by atomic mass is 9.92. The van der Waals surface area contributed by atoms with E-state index in [0.29, 0.717) is 12.0 Å². The highest BCUT2D eigenvalue weighted by Gasteiger charge is 2.30. The van der Waals surface area contributed by atoms with Crippen molar-refractivity contribution in [3.05, 3.63) is 65.7 Å². The maximum absolute atomic E-state index is 12.2. The number of aryl methyl sites for hydroxylation is 1. The van der Waals surface area contributed by atoms with E-state index in [1.807, 2.05) is 13.0 Å². The molecule has 0 bridgehead atoms. The van der Waals surface area contributed by atoms with Crippen molar-refractivity contribution >= 4 is 10.1 Å². The normalized spacial score (nSPS) is 14.5. The van der Waals surface area contributed by atoms with Gasteiger partial charge in [0.25, 0.3) is 10.1 Å². The second-order valence-corrected chi connectivity index (χ2v) is 6.90. The fraction of sp³-hybridized carbons (Fsp3) is 0.294. The van der Waals surface area contributed by atoms with Crippen molar-refractivity contribution < 1.29 is 17.7 Å². The average molecular weight is 320 g/mol. The van der Waals surface area contributed by atoms with Gasteiger partial charge in [0.1, 0.15) is 5.60 Å². The molecule has 2 rings (SSSR count). The summed E-state index contributed by atoms with van der Waals surface area (Å²) >= 11 is 0. The molecule has 0 aromatic heterocycles. The molecule has 0 amide bonds. The van der Waals surface area contributed by atoms with E-state index < -0.39 is 15.7 Å². The molecule has 2 aromatic carbocycles. The Hall–Kier alpha value is -1.69. The minimum Gasteiger partial charge on any atom is -0.383 e. The highest BCUT2D eigenvalue weighted by Crippen LogP contribution is 2.26. The zero-order valence-electron chi connectivity index (χ0n) is 12.7.